The first-order valence-corrected chi connectivity index (χ1v) is 4.19. The van der Waals surface area contributed by atoms with E-state index in [9.17, 15) is 9.18 Å². The molecule has 0 bridgehead atoms. The largest absolute Gasteiger partial charge is 0.305 e. The summed E-state index contributed by atoms with van der Waals surface area (Å²) in [5.41, 5.74) is 0.720. The summed E-state index contributed by atoms with van der Waals surface area (Å²) >= 11 is 2.15. The van der Waals surface area contributed by atoms with Gasteiger partial charge in [0.1, 0.15) is 0 Å². The van der Waals surface area contributed by atoms with Crippen LogP contribution in [0.4, 0.5) is 4.39 Å². The molecule has 0 radical (unpaired) electrons. The quantitative estimate of drug-likeness (QED) is 0.591. The highest BCUT2D eigenvalue weighted by atomic mass is 127. The van der Waals surface area contributed by atoms with Crippen LogP contribution in [-0.4, -0.2) is 6.04 Å². The van der Waals surface area contributed by atoms with Crippen LogP contribution in [0.5, 0.6) is 0 Å². The van der Waals surface area contributed by atoms with Crippen molar-refractivity contribution < 1.29 is 9.18 Å². The van der Waals surface area contributed by atoms with Crippen LogP contribution < -0.4 is 0 Å². The minimum absolute atomic E-state index is 0.114. The normalized spacial score (nSPS) is 9.64. The number of carbonyl (C=O) groups excluding carboxylic acids is 1. The van der Waals surface area contributed by atoms with Gasteiger partial charge in [-0.15, -0.1) is 0 Å². The molecule has 1 rings (SSSR count). The summed E-state index contributed by atoms with van der Waals surface area (Å²) in [6.07, 6.45) is -0.114. The van der Waals surface area contributed by atoms with Gasteiger partial charge in [-0.1, -0.05) is 12.1 Å². The molecule has 0 atom stereocenters. The molecule has 58 valence electrons. The van der Waals surface area contributed by atoms with E-state index < -0.39 is 6.04 Å². The number of rotatable bonds is 2. The van der Waals surface area contributed by atoms with Crippen molar-refractivity contribution >= 4 is 28.6 Å². The molecule has 0 spiro atoms. The van der Waals surface area contributed by atoms with E-state index in [1.807, 2.05) is 12.1 Å². The molecular weight excluding hydrogens is 258 g/mol. The Morgan fingerprint density at radius 3 is 2.36 bits per heavy atom. The molecule has 0 unspecified atom stereocenters. The molecule has 1 nitrogen and oxygen atoms in total. The van der Waals surface area contributed by atoms with Crippen molar-refractivity contribution in [1.82, 2.24) is 0 Å². The Morgan fingerprint density at radius 1 is 1.36 bits per heavy atom. The molecule has 1 aromatic carbocycles. The van der Waals surface area contributed by atoms with Crippen LogP contribution in [0.25, 0.3) is 0 Å². The highest BCUT2D eigenvalue weighted by Crippen LogP contribution is 2.07. The summed E-state index contributed by atoms with van der Waals surface area (Å²) in [7, 11) is 0. The monoisotopic (exact) mass is 264 g/mol. The lowest BCUT2D eigenvalue weighted by Gasteiger charge is -1.94. The Balaban J connectivity index is 2.74. The fraction of sp³-hybridized carbons (Fsp3) is 0.125. The second kappa shape index (κ2) is 3.80. The highest BCUT2D eigenvalue weighted by molar-refractivity contribution is 14.1. The lowest BCUT2D eigenvalue weighted by Crippen LogP contribution is -1.93. The van der Waals surface area contributed by atoms with Gasteiger partial charge in [0.05, 0.1) is 6.42 Å². The summed E-state index contributed by atoms with van der Waals surface area (Å²) in [5.74, 6) is 0. The number of hydrogen-bond acceptors (Lipinski definition) is 1. The molecule has 0 aliphatic rings. The second-order valence-corrected chi connectivity index (χ2v) is 3.40. The first-order chi connectivity index (χ1) is 5.18. The minimum Gasteiger partial charge on any atom is -0.261 e. The van der Waals surface area contributed by atoms with Gasteiger partial charge in [-0.05, 0) is 40.3 Å². The van der Waals surface area contributed by atoms with Gasteiger partial charge in [0.15, 0.2) is 0 Å². The average Bonchev–Trinajstić information content (AvgIpc) is 1.93. The Bertz CT molecular complexity index is 255. The zero-order valence-corrected chi connectivity index (χ0v) is 7.84. The molecule has 3 heteroatoms. The van der Waals surface area contributed by atoms with Gasteiger partial charge in [-0.3, -0.25) is 4.79 Å². The molecule has 0 aromatic heterocycles. The van der Waals surface area contributed by atoms with Crippen LogP contribution in [-0.2, 0) is 11.2 Å². The van der Waals surface area contributed by atoms with E-state index >= 15 is 0 Å². The molecular formula is C8H6FIO. The van der Waals surface area contributed by atoms with Gasteiger partial charge in [0, 0.05) is 3.57 Å². The van der Waals surface area contributed by atoms with Crippen molar-refractivity contribution in [3.8, 4) is 0 Å². The lowest BCUT2D eigenvalue weighted by atomic mass is 10.2. The van der Waals surface area contributed by atoms with Gasteiger partial charge in [-0.2, -0.15) is 4.39 Å². The highest BCUT2D eigenvalue weighted by Gasteiger charge is 1.99. The lowest BCUT2D eigenvalue weighted by molar-refractivity contribution is -0.128. The van der Waals surface area contributed by atoms with E-state index in [-0.39, 0.29) is 6.42 Å². The predicted octanol–water partition coefficient (Wildman–Crippen LogP) is 2.33. The molecule has 0 fully saturated rings. The smallest absolute Gasteiger partial charge is 0.261 e. The number of benzene rings is 1. The van der Waals surface area contributed by atoms with E-state index in [1.54, 1.807) is 12.1 Å². The molecule has 0 saturated heterocycles. The number of halogens is 2. The van der Waals surface area contributed by atoms with Crippen molar-refractivity contribution in [2.45, 2.75) is 6.42 Å². The van der Waals surface area contributed by atoms with Crippen molar-refractivity contribution in [1.29, 1.82) is 0 Å². The van der Waals surface area contributed by atoms with Crippen LogP contribution in [0.15, 0.2) is 24.3 Å². The maximum atomic E-state index is 11.8. The first-order valence-electron chi connectivity index (χ1n) is 3.11. The first kappa shape index (κ1) is 8.64. The Labute approximate surface area is 77.8 Å². The molecule has 0 amide bonds. The van der Waals surface area contributed by atoms with E-state index in [1.165, 1.54) is 0 Å². The summed E-state index contributed by atoms with van der Waals surface area (Å²) in [6, 6.07) is 5.90. The SMILES string of the molecule is O=C(F)Cc1ccc(I)cc1. The Morgan fingerprint density at radius 2 is 1.91 bits per heavy atom. The maximum Gasteiger partial charge on any atom is 0.305 e. The molecule has 11 heavy (non-hydrogen) atoms. The third-order valence-electron chi connectivity index (χ3n) is 1.26. The number of carbonyl (C=O) groups is 1. The van der Waals surface area contributed by atoms with Crippen molar-refractivity contribution in [3.05, 3.63) is 33.4 Å². The van der Waals surface area contributed by atoms with E-state index in [0.717, 1.165) is 9.13 Å². The topological polar surface area (TPSA) is 17.1 Å². The summed E-state index contributed by atoms with van der Waals surface area (Å²) in [4.78, 5) is 10.0. The second-order valence-electron chi connectivity index (χ2n) is 2.16. The Kier molecular flexibility index (Phi) is 2.99. The van der Waals surface area contributed by atoms with Crippen LogP contribution in [0, 0.1) is 3.57 Å². The standard InChI is InChI=1S/C8H6FIO/c9-8(11)5-6-1-3-7(10)4-2-6/h1-4H,5H2. The van der Waals surface area contributed by atoms with Crippen LogP contribution in [0.1, 0.15) is 5.56 Å². The molecule has 0 aliphatic carbocycles. The van der Waals surface area contributed by atoms with Gasteiger partial charge in [0.25, 0.3) is 0 Å². The third kappa shape index (κ3) is 2.96. The van der Waals surface area contributed by atoms with Crippen LogP contribution >= 0.6 is 22.6 Å². The molecule has 1 aromatic rings. The fourth-order valence-corrected chi connectivity index (χ4v) is 1.12. The summed E-state index contributed by atoms with van der Waals surface area (Å²) in [6.45, 7) is 0. The van der Waals surface area contributed by atoms with Crippen molar-refractivity contribution in [2.24, 2.45) is 0 Å². The molecule has 0 saturated carbocycles. The average molecular weight is 264 g/mol. The van der Waals surface area contributed by atoms with Crippen LogP contribution in [0.2, 0.25) is 0 Å². The van der Waals surface area contributed by atoms with Crippen molar-refractivity contribution in [2.75, 3.05) is 0 Å². The van der Waals surface area contributed by atoms with E-state index in [0.29, 0.717) is 0 Å². The molecule has 0 N–H and O–H groups in total. The minimum atomic E-state index is -1.29. The van der Waals surface area contributed by atoms with Gasteiger partial charge in [0.2, 0.25) is 0 Å². The maximum absolute atomic E-state index is 11.8. The van der Waals surface area contributed by atoms with Crippen LogP contribution in [0.3, 0.4) is 0 Å². The molecule has 0 heterocycles. The predicted molar refractivity (Wildman–Crippen MR) is 49.0 cm³/mol. The summed E-state index contributed by atoms with van der Waals surface area (Å²) < 4.78 is 12.9. The van der Waals surface area contributed by atoms with Gasteiger partial charge in [-0.25, -0.2) is 0 Å². The fourth-order valence-electron chi connectivity index (χ4n) is 0.763. The van der Waals surface area contributed by atoms with Gasteiger partial charge < -0.3 is 0 Å². The third-order valence-corrected chi connectivity index (χ3v) is 1.98. The molecule has 0 aliphatic heterocycles. The van der Waals surface area contributed by atoms with E-state index in [4.69, 9.17) is 0 Å². The Hall–Kier alpha value is -0.450. The van der Waals surface area contributed by atoms with Crippen molar-refractivity contribution in [3.63, 3.8) is 0 Å². The summed E-state index contributed by atoms with van der Waals surface area (Å²) in [5, 5.41) is 0. The zero-order valence-electron chi connectivity index (χ0n) is 5.68. The zero-order chi connectivity index (χ0) is 8.27. The number of hydrogen-bond donors (Lipinski definition) is 0. The van der Waals surface area contributed by atoms with Gasteiger partial charge >= 0.3 is 6.04 Å². The van der Waals surface area contributed by atoms with E-state index in [2.05, 4.69) is 22.6 Å².